The molecular weight excluding hydrogens is 331 g/mol. The molecule has 1 N–H and O–H groups in total. The van der Waals surface area contributed by atoms with E-state index < -0.39 is 0 Å². The van der Waals surface area contributed by atoms with E-state index in [4.69, 9.17) is 23.2 Å². The van der Waals surface area contributed by atoms with Gasteiger partial charge in [-0.05, 0) is 35.2 Å². The molecule has 0 aromatic heterocycles. The van der Waals surface area contributed by atoms with Crippen LogP contribution in [-0.4, -0.2) is 12.1 Å². The largest absolute Gasteiger partial charge is 0.271 e. The Hall–Kier alpha value is -1.84. The number of nitrogens with zero attached hydrogens (tertiary/aromatic N) is 1. The Bertz CT molecular complexity index is 711. The molecule has 1 amide bonds. The van der Waals surface area contributed by atoms with E-state index in [0.29, 0.717) is 21.2 Å². The van der Waals surface area contributed by atoms with E-state index in [9.17, 15) is 4.79 Å². The highest BCUT2D eigenvalue weighted by Gasteiger charge is 2.14. The topological polar surface area (TPSA) is 41.5 Å². The minimum Gasteiger partial charge on any atom is -0.267 e. The molecule has 0 unspecified atom stereocenters. The van der Waals surface area contributed by atoms with Crippen LogP contribution in [0, 0.1) is 0 Å². The van der Waals surface area contributed by atoms with Crippen LogP contribution in [0.4, 0.5) is 0 Å². The average molecular weight is 349 g/mol. The maximum atomic E-state index is 12.1. The number of benzene rings is 2. The molecule has 0 aliphatic heterocycles. The molecule has 0 saturated carbocycles. The molecule has 5 heteroatoms. The molecule has 0 saturated heterocycles. The van der Waals surface area contributed by atoms with Gasteiger partial charge in [0.2, 0.25) is 0 Å². The van der Waals surface area contributed by atoms with Crippen LogP contribution in [0.15, 0.2) is 47.6 Å². The lowest BCUT2D eigenvalue weighted by molar-refractivity contribution is 0.0955. The molecule has 0 radical (unpaired) electrons. The number of hydrogen-bond donors (Lipinski definition) is 1. The van der Waals surface area contributed by atoms with Crippen LogP contribution in [0.3, 0.4) is 0 Å². The lowest BCUT2D eigenvalue weighted by Crippen LogP contribution is -2.18. The molecule has 120 valence electrons. The second-order valence-corrected chi connectivity index (χ2v) is 6.98. The third-order valence-electron chi connectivity index (χ3n) is 3.37. The minimum absolute atomic E-state index is 0.0496. The average Bonchev–Trinajstić information content (AvgIpc) is 2.49. The standard InChI is InChI=1S/C18H18Cl2N2O/c1-18(2,3)13-9-7-12(8-10-13)17(23)22-21-11-14-15(19)5-4-6-16(14)20/h4-11H,1-3H3,(H,22,23). The van der Waals surface area contributed by atoms with Crippen molar-refractivity contribution in [2.75, 3.05) is 0 Å². The Kier molecular flexibility index (Phi) is 5.45. The van der Waals surface area contributed by atoms with Gasteiger partial charge >= 0.3 is 0 Å². The summed E-state index contributed by atoms with van der Waals surface area (Å²) >= 11 is 12.1. The van der Waals surface area contributed by atoms with Crippen LogP contribution in [0.2, 0.25) is 10.0 Å². The summed E-state index contributed by atoms with van der Waals surface area (Å²) in [5.74, 6) is -0.287. The van der Waals surface area contributed by atoms with Gasteiger partial charge in [0.1, 0.15) is 0 Å². The summed E-state index contributed by atoms with van der Waals surface area (Å²) in [6, 6.07) is 12.6. The fourth-order valence-corrected chi connectivity index (χ4v) is 2.47. The summed E-state index contributed by atoms with van der Waals surface area (Å²) in [5.41, 5.74) is 4.80. The molecule has 2 rings (SSSR count). The zero-order valence-corrected chi connectivity index (χ0v) is 14.7. The van der Waals surface area contributed by atoms with Crippen LogP contribution in [0.25, 0.3) is 0 Å². The van der Waals surface area contributed by atoms with Crippen LogP contribution >= 0.6 is 23.2 Å². The van der Waals surface area contributed by atoms with Crippen LogP contribution < -0.4 is 5.43 Å². The van der Waals surface area contributed by atoms with E-state index in [-0.39, 0.29) is 11.3 Å². The number of hydrazone groups is 1. The van der Waals surface area contributed by atoms with Gasteiger partial charge in [-0.1, -0.05) is 62.2 Å². The molecular formula is C18H18Cl2N2O. The Labute approximate surface area is 146 Å². The molecule has 23 heavy (non-hydrogen) atoms. The third-order valence-corrected chi connectivity index (χ3v) is 4.03. The fraction of sp³-hybridized carbons (Fsp3) is 0.222. The van der Waals surface area contributed by atoms with Crippen molar-refractivity contribution in [3.05, 3.63) is 69.2 Å². The van der Waals surface area contributed by atoms with Gasteiger partial charge in [0, 0.05) is 11.1 Å². The summed E-state index contributed by atoms with van der Waals surface area (Å²) in [7, 11) is 0. The van der Waals surface area contributed by atoms with Gasteiger partial charge in [-0.25, -0.2) is 5.43 Å². The predicted molar refractivity (Wildman–Crippen MR) is 96.7 cm³/mol. The second kappa shape index (κ2) is 7.16. The van der Waals surface area contributed by atoms with Gasteiger partial charge < -0.3 is 0 Å². The number of rotatable bonds is 3. The van der Waals surface area contributed by atoms with Crippen molar-refractivity contribution in [3.8, 4) is 0 Å². The van der Waals surface area contributed by atoms with Gasteiger partial charge in [0.05, 0.1) is 16.3 Å². The highest BCUT2D eigenvalue weighted by Crippen LogP contribution is 2.23. The monoisotopic (exact) mass is 348 g/mol. The van der Waals surface area contributed by atoms with E-state index in [2.05, 4.69) is 31.3 Å². The number of hydrogen-bond acceptors (Lipinski definition) is 2. The molecule has 0 fully saturated rings. The number of amides is 1. The summed E-state index contributed by atoms with van der Waals surface area (Å²) < 4.78 is 0. The smallest absolute Gasteiger partial charge is 0.267 e. The zero-order chi connectivity index (χ0) is 17.0. The van der Waals surface area contributed by atoms with Crippen molar-refractivity contribution >= 4 is 35.3 Å². The van der Waals surface area contributed by atoms with E-state index in [1.54, 1.807) is 30.3 Å². The molecule has 0 atom stereocenters. The molecule has 0 heterocycles. The van der Waals surface area contributed by atoms with Crippen molar-refractivity contribution in [1.82, 2.24) is 5.43 Å². The normalized spacial score (nSPS) is 11.7. The Balaban J connectivity index is 2.06. The van der Waals surface area contributed by atoms with Crippen molar-refractivity contribution in [1.29, 1.82) is 0 Å². The number of carbonyl (C=O) groups is 1. The van der Waals surface area contributed by atoms with Crippen molar-refractivity contribution in [2.24, 2.45) is 5.10 Å². The predicted octanol–water partition coefficient (Wildman–Crippen LogP) is 5.05. The van der Waals surface area contributed by atoms with Gasteiger partial charge in [0.15, 0.2) is 0 Å². The van der Waals surface area contributed by atoms with Crippen LogP contribution in [0.5, 0.6) is 0 Å². The van der Waals surface area contributed by atoms with E-state index in [1.807, 2.05) is 12.1 Å². The lowest BCUT2D eigenvalue weighted by atomic mass is 9.87. The first-order valence-corrected chi connectivity index (χ1v) is 7.92. The Morgan fingerprint density at radius 3 is 2.13 bits per heavy atom. The Morgan fingerprint density at radius 2 is 1.61 bits per heavy atom. The number of carbonyl (C=O) groups excluding carboxylic acids is 1. The first-order valence-electron chi connectivity index (χ1n) is 7.17. The quantitative estimate of drug-likeness (QED) is 0.611. The zero-order valence-electron chi connectivity index (χ0n) is 13.2. The highest BCUT2D eigenvalue weighted by atomic mass is 35.5. The van der Waals surface area contributed by atoms with Gasteiger partial charge in [0.25, 0.3) is 5.91 Å². The van der Waals surface area contributed by atoms with E-state index >= 15 is 0 Å². The van der Waals surface area contributed by atoms with E-state index in [0.717, 1.165) is 0 Å². The number of halogens is 2. The molecule has 3 nitrogen and oxygen atoms in total. The Morgan fingerprint density at radius 1 is 1.04 bits per heavy atom. The maximum Gasteiger partial charge on any atom is 0.271 e. The van der Waals surface area contributed by atoms with E-state index in [1.165, 1.54) is 11.8 Å². The second-order valence-electron chi connectivity index (χ2n) is 6.16. The fourth-order valence-electron chi connectivity index (χ4n) is 1.98. The van der Waals surface area contributed by atoms with Crippen molar-refractivity contribution in [3.63, 3.8) is 0 Å². The minimum atomic E-state index is -0.287. The highest BCUT2D eigenvalue weighted by molar-refractivity contribution is 6.38. The summed E-state index contributed by atoms with van der Waals surface area (Å²) in [4.78, 5) is 12.1. The molecule has 2 aromatic rings. The molecule has 2 aromatic carbocycles. The van der Waals surface area contributed by atoms with Gasteiger partial charge in [-0.15, -0.1) is 0 Å². The third kappa shape index (κ3) is 4.57. The lowest BCUT2D eigenvalue weighted by Gasteiger charge is -2.18. The first kappa shape index (κ1) is 17.5. The van der Waals surface area contributed by atoms with Crippen LogP contribution in [-0.2, 0) is 5.41 Å². The summed E-state index contributed by atoms with van der Waals surface area (Å²) in [6.45, 7) is 6.37. The summed E-state index contributed by atoms with van der Waals surface area (Å²) in [6.07, 6.45) is 1.44. The van der Waals surface area contributed by atoms with Gasteiger partial charge in [-0.2, -0.15) is 5.10 Å². The van der Waals surface area contributed by atoms with Crippen LogP contribution in [0.1, 0.15) is 42.3 Å². The summed E-state index contributed by atoms with van der Waals surface area (Å²) in [5, 5.41) is 4.87. The van der Waals surface area contributed by atoms with Crippen molar-refractivity contribution in [2.45, 2.75) is 26.2 Å². The molecule has 0 spiro atoms. The number of nitrogens with one attached hydrogen (secondary N) is 1. The molecule has 0 aliphatic rings. The van der Waals surface area contributed by atoms with Gasteiger partial charge in [-0.3, -0.25) is 4.79 Å². The van der Waals surface area contributed by atoms with Crippen molar-refractivity contribution < 1.29 is 4.79 Å². The first-order chi connectivity index (χ1) is 10.8. The SMILES string of the molecule is CC(C)(C)c1ccc(C(=O)NN=Cc2c(Cl)cccc2Cl)cc1. The maximum absolute atomic E-state index is 12.1. The molecule has 0 aliphatic carbocycles. The molecule has 0 bridgehead atoms.